The van der Waals surface area contributed by atoms with E-state index in [0.29, 0.717) is 6.61 Å². The minimum atomic E-state index is -3.31. The zero-order chi connectivity index (χ0) is 12.9. The van der Waals surface area contributed by atoms with Gasteiger partial charge in [-0.2, -0.15) is 0 Å². The van der Waals surface area contributed by atoms with E-state index in [1.807, 2.05) is 31.2 Å². The van der Waals surface area contributed by atoms with Crippen molar-refractivity contribution in [3.63, 3.8) is 0 Å². The quantitative estimate of drug-likeness (QED) is 0.839. The first kappa shape index (κ1) is 14.2. The van der Waals surface area contributed by atoms with E-state index in [0.717, 1.165) is 11.1 Å². The van der Waals surface area contributed by atoms with E-state index < -0.39 is 10.0 Å². The molecule has 0 aromatic heterocycles. The Morgan fingerprint density at radius 3 is 2.59 bits per heavy atom. The zero-order valence-corrected chi connectivity index (χ0v) is 11.3. The predicted octanol–water partition coefficient (Wildman–Crippen LogP) is 1.45. The fourth-order valence-electron chi connectivity index (χ4n) is 1.61. The Bertz CT molecular complexity index is 457. The third-order valence-electron chi connectivity index (χ3n) is 2.40. The van der Waals surface area contributed by atoms with E-state index in [2.05, 4.69) is 4.72 Å². The Labute approximate surface area is 103 Å². The van der Waals surface area contributed by atoms with Crippen molar-refractivity contribution >= 4 is 10.0 Å². The van der Waals surface area contributed by atoms with Crippen molar-refractivity contribution in [1.82, 2.24) is 4.72 Å². The van der Waals surface area contributed by atoms with E-state index in [9.17, 15) is 8.42 Å². The molecule has 0 fully saturated rings. The number of nitrogens with one attached hydrogen (secondary N) is 1. The lowest BCUT2D eigenvalue weighted by molar-refractivity contribution is 0.180. The van der Waals surface area contributed by atoms with E-state index in [4.69, 9.17) is 4.74 Å². The topological polar surface area (TPSA) is 55.4 Å². The number of hydrogen-bond acceptors (Lipinski definition) is 3. The summed E-state index contributed by atoms with van der Waals surface area (Å²) < 4.78 is 31.2. The van der Waals surface area contributed by atoms with Gasteiger partial charge in [-0.15, -0.1) is 0 Å². The average Bonchev–Trinajstić information content (AvgIpc) is 2.20. The molecule has 0 spiro atoms. The largest absolute Gasteiger partial charge is 0.383 e. The molecule has 96 valence electrons. The second kappa shape index (κ2) is 6.14. The standard InChI is InChI=1S/C12H19NO3S/c1-10-6-4-5-7-12(10)9-17(14,15)13-11(2)8-16-3/h4-7,11,13H,8-9H2,1-3H3. The van der Waals surface area contributed by atoms with Crippen molar-refractivity contribution in [3.05, 3.63) is 35.4 Å². The van der Waals surface area contributed by atoms with E-state index in [1.54, 1.807) is 14.0 Å². The molecule has 1 rings (SSSR count). The van der Waals surface area contributed by atoms with Crippen LogP contribution in [0.5, 0.6) is 0 Å². The van der Waals surface area contributed by atoms with Crippen LogP contribution in [0, 0.1) is 6.92 Å². The Hall–Kier alpha value is -0.910. The Morgan fingerprint density at radius 1 is 1.35 bits per heavy atom. The minimum Gasteiger partial charge on any atom is -0.383 e. The summed E-state index contributed by atoms with van der Waals surface area (Å²) in [5.74, 6) is 0.00767. The number of aryl methyl sites for hydroxylation is 1. The molecule has 0 aliphatic carbocycles. The van der Waals surface area contributed by atoms with Gasteiger partial charge in [-0.1, -0.05) is 24.3 Å². The molecule has 5 heteroatoms. The van der Waals surface area contributed by atoms with Gasteiger partial charge in [0.05, 0.1) is 12.4 Å². The summed E-state index contributed by atoms with van der Waals surface area (Å²) in [7, 11) is -1.76. The van der Waals surface area contributed by atoms with E-state index in [-0.39, 0.29) is 11.8 Å². The van der Waals surface area contributed by atoms with Gasteiger partial charge in [0.25, 0.3) is 0 Å². The second-order valence-corrected chi connectivity index (χ2v) is 5.91. The van der Waals surface area contributed by atoms with Gasteiger partial charge in [-0.25, -0.2) is 13.1 Å². The highest BCUT2D eigenvalue weighted by molar-refractivity contribution is 7.88. The molecule has 1 N–H and O–H groups in total. The van der Waals surface area contributed by atoms with Crippen molar-refractivity contribution in [2.45, 2.75) is 25.6 Å². The second-order valence-electron chi connectivity index (χ2n) is 4.16. The van der Waals surface area contributed by atoms with Crippen LogP contribution >= 0.6 is 0 Å². The number of ether oxygens (including phenoxy) is 1. The first-order chi connectivity index (χ1) is 7.94. The first-order valence-electron chi connectivity index (χ1n) is 5.48. The SMILES string of the molecule is COCC(C)NS(=O)(=O)Cc1ccccc1C. The summed E-state index contributed by atoms with van der Waals surface area (Å²) in [4.78, 5) is 0. The molecule has 0 aliphatic heterocycles. The lowest BCUT2D eigenvalue weighted by Gasteiger charge is -2.14. The molecular formula is C12H19NO3S. The van der Waals surface area contributed by atoms with Crippen molar-refractivity contribution in [2.75, 3.05) is 13.7 Å². The molecule has 1 unspecified atom stereocenters. The summed E-state index contributed by atoms with van der Waals surface area (Å²) >= 11 is 0. The molecule has 0 amide bonds. The fraction of sp³-hybridized carbons (Fsp3) is 0.500. The molecule has 4 nitrogen and oxygen atoms in total. The Balaban J connectivity index is 2.70. The molecule has 0 saturated carbocycles. The lowest BCUT2D eigenvalue weighted by atomic mass is 10.1. The van der Waals surface area contributed by atoms with Crippen molar-refractivity contribution < 1.29 is 13.2 Å². The number of hydrogen-bond donors (Lipinski definition) is 1. The Kier molecular flexibility index (Phi) is 5.11. The molecule has 0 aliphatic rings. The third kappa shape index (κ3) is 4.85. The van der Waals surface area contributed by atoms with E-state index in [1.165, 1.54) is 0 Å². The van der Waals surface area contributed by atoms with Crippen LogP contribution in [0.1, 0.15) is 18.1 Å². The highest BCUT2D eigenvalue weighted by Gasteiger charge is 2.15. The Morgan fingerprint density at radius 2 is 2.00 bits per heavy atom. The summed E-state index contributed by atoms with van der Waals surface area (Å²) in [5, 5.41) is 0. The number of sulfonamides is 1. The molecule has 0 bridgehead atoms. The van der Waals surface area contributed by atoms with Crippen LogP contribution in [0.4, 0.5) is 0 Å². The minimum absolute atomic E-state index is 0.00767. The van der Waals surface area contributed by atoms with E-state index >= 15 is 0 Å². The third-order valence-corrected chi connectivity index (χ3v) is 3.86. The molecule has 0 radical (unpaired) electrons. The van der Waals surface area contributed by atoms with Crippen molar-refractivity contribution in [3.8, 4) is 0 Å². The van der Waals surface area contributed by atoms with Crippen molar-refractivity contribution in [1.29, 1.82) is 0 Å². The fourth-order valence-corrected chi connectivity index (χ4v) is 3.11. The smallest absolute Gasteiger partial charge is 0.216 e. The van der Waals surface area contributed by atoms with Crippen LogP contribution < -0.4 is 4.72 Å². The predicted molar refractivity (Wildman–Crippen MR) is 68.3 cm³/mol. The summed E-state index contributed by atoms with van der Waals surface area (Å²) in [6.45, 7) is 4.05. The van der Waals surface area contributed by atoms with Gasteiger partial charge in [0.2, 0.25) is 10.0 Å². The molecule has 0 heterocycles. The summed E-state index contributed by atoms with van der Waals surface area (Å²) in [6.07, 6.45) is 0. The van der Waals surface area contributed by atoms with Crippen LogP contribution in [-0.4, -0.2) is 28.2 Å². The highest BCUT2D eigenvalue weighted by atomic mass is 32.2. The van der Waals surface area contributed by atoms with Crippen molar-refractivity contribution in [2.24, 2.45) is 0 Å². The maximum Gasteiger partial charge on any atom is 0.216 e. The van der Waals surface area contributed by atoms with Crippen LogP contribution in [0.25, 0.3) is 0 Å². The van der Waals surface area contributed by atoms with Gasteiger partial charge in [-0.3, -0.25) is 0 Å². The molecule has 1 atom stereocenters. The molecule has 17 heavy (non-hydrogen) atoms. The van der Waals surface area contributed by atoms with Crippen LogP contribution in [0.3, 0.4) is 0 Å². The lowest BCUT2D eigenvalue weighted by Crippen LogP contribution is -2.36. The normalized spacial score (nSPS) is 13.6. The van der Waals surface area contributed by atoms with Crippen LogP contribution in [0.2, 0.25) is 0 Å². The van der Waals surface area contributed by atoms with Gasteiger partial charge in [0, 0.05) is 13.2 Å². The maximum atomic E-state index is 11.9. The number of methoxy groups -OCH3 is 1. The van der Waals surface area contributed by atoms with Crippen LogP contribution in [0.15, 0.2) is 24.3 Å². The van der Waals surface area contributed by atoms with Crippen LogP contribution in [-0.2, 0) is 20.5 Å². The summed E-state index contributed by atoms with van der Waals surface area (Å²) in [5.41, 5.74) is 1.81. The zero-order valence-electron chi connectivity index (χ0n) is 10.4. The molecular weight excluding hydrogens is 238 g/mol. The molecule has 0 saturated heterocycles. The number of rotatable bonds is 6. The first-order valence-corrected chi connectivity index (χ1v) is 7.13. The highest BCUT2D eigenvalue weighted by Crippen LogP contribution is 2.10. The monoisotopic (exact) mass is 257 g/mol. The van der Waals surface area contributed by atoms with Gasteiger partial charge >= 0.3 is 0 Å². The maximum absolute atomic E-state index is 11.9. The van der Waals surface area contributed by atoms with Gasteiger partial charge < -0.3 is 4.74 Å². The van der Waals surface area contributed by atoms with Gasteiger partial charge in [-0.05, 0) is 25.0 Å². The molecule has 1 aromatic rings. The van der Waals surface area contributed by atoms with Gasteiger partial charge in [0.1, 0.15) is 0 Å². The number of benzene rings is 1. The summed E-state index contributed by atoms with van der Waals surface area (Å²) in [6, 6.07) is 7.26. The average molecular weight is 257 g/mol. The van der Waals surface area contributed by atoms with Gasteiger partial charge in [0.15, 0.2) is 0 Å². The molecule has 1 aromatic carbocycles.